The highest BCUT2D eigenvalue weighted by molar-refractivity contribution is 5.87. The second kappa shape index (κ2) is 4.91. The molecule has 0 unspecified atom stereocenters. The molecule has 0 atom stereocenters. The molecule has 0 bridgehead atoms. The molecule has 1 aromatic heterocycles. The van der Waals surface area contributed by atoms with Crippen molar-refractivity contribution in [1.29, 1.82) is 0 Å². The molecule has 0 aliphatic carbocycles. The fourth-order valence-electron chi connectivity index (χ4n) is 1.85. The van der Waals surface area contributed by atoms with E-state index < -0.39 is 12.1 Å². The average molecular weight is 251 g/mol. The third-order valence-electron chi connectivity index (χ3n) is 2.72. The standard InChI is InChI=1S/C11H13N3O4/c1-2-5-18-11(17)14-4-3-8-7(6-14)9(10(15)16)13-12-8/h2H,1,3-6H2,(H,12,13)(H,15,16). The third kappa shape index (κ3) is 2.20. The summed E-state index contributed by atoms with van der Waals surface area (Å²) < 4.78 is 4.91. The van der Waals surface area contributed by atoms with Crippen molar-refractivity contribution in [3.8, 4) is 0 Å². The zero-order chi connectivity index (χ0) is 13.1. The van der Waals surface area contributed by atoms with Crippen molar-refractivity contribution < 1.29 is 19.4 Å². The van der Waals surface area contributed by atoms with Crippen LogP contribution in [-0.2, 0) is 17.7 Å². The summed E-state index contributed by atoms with van der Waals surface area (Å²) >= 11 is 0. The Labute approximate surface area is 103 Å². The van der Waals surface area contributed by atoms with Gasteiger partial charge in [0.1, 0.15) is 6.61 Å². The zero-order valence-corrected chi connectivity index (χ0v) is 9.68. The molecule has 7 nitrogen and oxygen atoms in total. The maximum atomic E-state index is 11.6. The number of rotatable bonds is 3. The van der Waals surface area contributed by atoms with E-state index in [0.717, 1.165) is 5.69 Å². The van der Waals surface area contributed by atoms with Crippen LogP contribution in [0.1, 0.15) is 21.7 Å². The number of ether oxygens (including phenoxy) is 1. The molecule has 2 heterocycles. The first-order valence-electron chi connectivity index (χ1n) is 5.45. The number of carboxylic acid groups (broad SMARTS) is 1. The summed E-state index contributed by atoms with van der Waals surface area (Å²) in [7, 11) is 0. The Morgan fingerprint density at radius 1 is 1.61 bits per heavy atom. The number of carbonyl (C=O) groups excluding carboxylic acids is 1. The normalized spacial score (nSPS) is 13.9. The summed E-state index contributed by atoms with van der Waals surface area (Å²) in [5, 5.41) is 15.4. The highest BCUT2D eigenvalue weighted by Gasteiger charge is 2.28. The van der Waals surface area contributed by atoms with Crippen LogP contribution in [0.3, 0.4) is 0 Å². The Balaban J connectivity index is 2.13. The number of aromatic nitrogens is 2. The molecule has 0 spiro atoms. The summed E-state index contributed by atoms with van der Waals surface area (Å²) in [5.41, 5.74) is 1.27. The van der Waals surface area contributed by atoms with Crippen LogP contribution in [0, 0.1) is 0 Å². The van der Waals surface area contributed by atoms with E-state index in [1.807, 2.05) is 0 Å². The monoisotopic (exact) mass is 251 g/mol. The molecule has 2 N–H and O–H groups in total. The van der Waals surface area contributed by atoms with Gasteiger partial charge in [0.05, 0.1) is 6.54 Å². The van der Waals surface area contributed by atoms with Crippen molar-refractivity contribution >= 4 is 12.1 Å². The van der Waals surface area contributed by atoms with Gasteiger partial charge in [-0.25, -0.2) is 9.59 Å². The van der Waals surface area contributed by atoms with Crippen LogP contribution >= 0.6 is 0 Å². The lowest BCUT2D eigenvalue weighted by atomic mass is 10.1. The van der Waals surface area contributed by atoms with Crippen LogP contribution in [0.5, 0.6) is 0 Å². The molecule has 1 amide bonds. The van der Waals surface area contributed by atoms with Gasteiger partial charge >= 0.3 is 12.1 Å². The first-order chi connectivity index (χ1) is 8.63. The van der Waals surface area contributed by atoms with Gasteiger partial charge in [0, 0.05) is 24.2 Å². The molecule has 0 radical (unpaired) electrons. The molecule has 0 saturated carbocycles. The van der Waals surface area contributed by atoms with Gasteiger partial charge in [-0.05, 0) is 0 Å². The lowest BCUT2D eigenvalue weighted by molar-refractivity contribution is 0.0685. The number of carboxylic acids is 1. The van der Waals surface area contributed by atoms with Crippen LogP contribution in [-0.4, -0.2) is 45.4 Å². The van der Waals surface area contributed by atoms with Gasteiger partial charge in [0.15, 0.2) is 5.69 Å². The van der Waals surface area contributed by atoms with Gasteiger partial charge in [0.2, 0.25) is 0 Å². The molecule has 96 valence electrons. The minimum atomic E-state index is -1.10. The Morgan fingerprint density at radius 3 is 3.06 bits per heavy atom. The minimum Gasteiger partial charge on any atom is -0.476 e. The molecule has 1 aliphatic heterocycles. The largest absolute Gasteiger partial charge is 0.476 e. The SMILES string of the molecule is C=CCOC(=O)N1CCc2[nH]nc(C(=O)O)c2C1. The maximum Gasteiger partial charge on any atom is 0.410 e. The second-order valence-corrected chi connectivity index (χ2v) is 3.87. The quantitative estimate of drug-likeness (QED) is 0.774. The average Bonchev–Trinajstić information content (AvgIpc) is 2.78. The molecule has 1 aromatic rings. The molecule has 18 heavy (non-hydrogen) atoms. The molecule has 0 saturated heterocycles. The maximum absolute atomic E-state index is 11.6. The van der Waals surface area contributed by atoms with E-state index in [1.54, 1.807) is 0 Å². The second-order valence-electron chi connectivity index (χ2n) is 3.87. The number of nitrogens with zero attached hydrogens (tertiary/aromatic N) is 2. The van der Waals surface area contributed by atoms with E-state index in [0.29, 0.717) is 18.5 Å². The molecular weight excluding hydrogens is 238 g/mol. The van der Waals surface area contributed by atoms with E-state index in [2.05, 4.69) is 16.8 Å². The molecule has 0 fully saturated rings. The van der Waals surface area contributed by atoms with Crippen molar-refractivity contribution in [3.05, 3.63) is 29.6 Å². The van der Waals surface area contributed by atoms with Crippen LogP contribution in [0.4, 0.5) is 4.79 Å². The number of fused-ring (bicyclic) bond motifs is 1. The lowest BCUT2D eigenvalue weighted by Crippen LogP contribution is -2.36. The first kappa shape index (κ1) is 12.2. The Bertz CT molecular complexity index is 494. The molecule has 2 rings (SSSR count). The highest BCUT2D eigenvalue weighted by Crippen LogP contribution is 2.20. The predicted octanol–water partition coefficient (Wildman–Crippen LogP) is 0.789. The summed E-state index contributed by atoms with van der Waals surface area (Å²) in [4.78, 5) is 24.1. The predicted molar refractivity (Wildman–Crippen MR) is 61.2 cm³/mol. The highest BCUT2D eigenvalue weighted by atomic mass is 16.6. The smallest absolute Gasteiger partial charge is 0.410 e. The Kier molecular flexibility index (Phi) is 3.31. The fraction of sp³-hybridized carbons (Fsp3) is 0.364. The Morgan fingerprint density at radius 2 is 2.39 bits per heavy atom. The summed E-state index contributed by atoms with van der Waals surface area (Å²) in [6.07, 6.45) is 1.55. The fourth-order valence-corrected chi connectivity index (χ4v) is 1.85. The summed E-state index contributed by atoms with van der Waals surface area (Å²) in [6, 6.07) is 0. The zero-order valence-electron chi connectivity index (χ0n) is 9.68. The Hall–Kier alpha value is -2.31. The third-order valence-corrected chi connectivity index (χ3v) is 2.72. The minimum absolute atomic E-state index is 0.0359. The van der Waals surface area contributed by atoms with E-state index in [9.17, 15) is 9.59 Å². The number of hydrogen-bond donors (Lipinski definition) is 2. The van der Waals surface area contributed by atoms with E-state index in [1.165, 1.54) is 11.0 Å². The van der Waals surface area contributed by atoms with Crippen LogP contribution in [0.15, 0.2) is 12.7 Å². The van der Waals surface area contributed by atoms with Gasteiger partial charge in [0.25, 0.3) is 0 Å². The first-order valence-corrected chi connectivity index (χ1v) is 5.45. The van der Waals surface area contributed by atoms with Crippen molar-refractivity contribution in [2.24, 2.45) is 0 Å². The molecule has 0 aromatic carbocycles. The number of hydrogen-bond acceptors (Lipinski definition) is 4. The van der Waals surface area contributed by atoms with Crippen LogP contribution in [0.25, 0.3) is 0 Å². The van der Waals surface area contributed by atoms with Crippen molar-refractivity contribution in [3.63, 3.8) is 0 Å². The molecule has 7 heteroatoms. The van der Waals surface area contributed by atoms with Crippen LogP contribution < -0.4 is 0 Å². The number of aromatic amines is 1. The summed E-state index contributed by atoms with van der Waals surface area (Å²) in [6.45, 7) is 4.27. The van der Waals surface area contributed by atoms with Crippen LogP contribution in [0.2, 0.25) is 0 Å². The molecule has 1 aliphatic rings. The number of carbonyl (C=O) groups is 2. The van der Waals surface area contributed by atoms with E-state index in [-0.39, 0.29) is 18.8 Å². The van der Waals surface area contributed by atoms with Crippen molar-refractivity contribution in [2.45, 2.75) is 13.0 Å². The topological polar surface area (TPSA) is 95.5 Å². The number of H-pyrrole nitrogens is 1. The van der Waals surface area contributed by atoms with Gasteiger partial charge in [-0.1, -0.05) is 12.7 Å². The van der Waals surface area contributed by atoms with Crippen molar-refractivity contribution in [1.82, 2.24) is 15.1 Å². The van der Waals surface area contributed by atoms with Gasteiger partial charge in [-0.2, -0.15) is 5.10 Å². The summed E-state index contributed by atoms with van der Waals surface area (Å²) in [5.74, 6) is -1.10. The van der Waals surface area contributed by atoms with E-state index in [4.69, 9.17) is 9.84 Å². The number of nitrogens with one attached hydrogen (secondary N) is 1. The lowest BCUT2D eigenvalue weighted by Gasteiger charge is -2.25. The van der Waals surface area contributed by atoms with Gasteiger partial charge < -0.3 is 14.7 Å². The number of aromatic carboxylic acids is 1. The number of amides is 1. The van der Waals surface area contributed by atoms with E-state index >= 15 is 0 Å². The molecular formula is C11H13N3O4. The van der Waals surface area contributed by atoms with Gasteiger partial charge in [-0.15, -0.1) is 0 Å². The van der Waals surface area contributed by atoms with Gasteiger partial charge in [-0.3, -0.25) is 5.10 Å². The van der Waals surface area contributed by atoms with Crippen molar-refractivity contribution in [2.75, 3.05) is 13.2 Å².